The van der Waals surface area contributed by atoms with Crippen LogP contribution in [0.5, 0.6) is 0 Å². The first-order valence-corrected chi connectivity index (χ1v) is 10.4. The number of carbonyl (C=O) groups is 2. The van der Waals surface area contributed by atoms with Crippen LogP contribution in [-0.4, -0.2) is 30.3 Å². The molecule has 0 fully saturated rings. The van der Waals surface area contributed by atoms with Gasteiger partial charge >= 0.3 is 0 Å². The molecule has 0 saturated heterocycles. The smallest absolute Gasteiger partial charge is 0.264 e. The number of fused-ring (bicyclic) bond motifs is 1. The first-order chi connectivity index (χ1) is 12.9. The summed E-state index contributed by atoms with van der Waals surface area (Å²) < 4.78 is 0. The van der Waals surface area contributed by atoms with Crippen LogP contribution in [0.1, 0.15) is 51.0 Å². The largest absolute Gasteiger partial charge is 0.332 e. The Bertz CT molecular complexity index is 856. The molecule has 1 N–H and O–H groups in total. The average Bonchev–Trinajstić information content (AvgIpc) is 3.07. The molecule has 1 aliphatic carbocycles. The van der Waals surface area contributed by atoms with Crippen LogP contribution in [0.2, 0.25) is 0 Å². The average molecular weight is 385 g/mol. The number of benzene rings is 1. The molecule has 0 spiro atoms. The zero-order chi connectivity index (χ0) is 19.6. The van der Waals surface area contributed by atoms with E-state index in [4.69, 9.17) is 0 Å². The van der Waals surface area contributed by atoms with Gasteiger partial charge in [-0.05, 0) is 67.9 Å². The molecular weight excluding hydrogens is 356 g/mol. The summed E-state index contributed by atoms with van der Waals surface area (Å²) in [6, 6.07) is 7.87. The van der Waals surface area contributed by atoms with Gasteiger partial charge in [-0.15, -0.1) is 11.3 Å². The second-order valence-corrected chi connectivity index (χ2v) is 8.67. The maximum atomic E-state index is 12.8. The molecule has 0 saturated carbocycles. The summed E-state index contributed by atoms with van der Waals surface area (Å²) in [4.78, 5) is 28.8. The number of nitrogens with zero attached hydrogens (tertiary/aromatic N) is 1. The molecule has 27 heavy (non-hydrogen) atoms. The van der Waals surface area contributed by atoms with E-state index in [2.05, 4.69) is 12.2 Å². The number of thiophene rings is 1. The molecule has 1 aromatic heterocycles. The number of rotatable bonds is 5. The second-order valence-electron chi connectivity index (χ2n) is 7.53. The lowest BCUT2D eigenvalue weighted by atomic mass is 9.87. The number of aryl methyl sites for hydroxylation is 2. The topological polar surface area (TPSA) is 49.4 Å². The highest BCUT2D eigenvalue weighted by Gasteiger charge is 2.24. The standard InChI is InChI=1S/C22H28N2O2S/c1-5-16-9-10-19-17(11-16)12-20(27-19)22(26)24(4)13-21(25)23-18-8-6-7-14(2)15(18)3/h6-8,12,16H,5,9-11,13H2,1-4H3,(H,23,25). The monoisotopic (exact) mass is 384 g/mol. The van der Waals surface area contributed by atoms with E-state index in [1.807, 2.05) is 38.1 Å². The van der Waals surface area contributed by atoms with Crippen LogP contribution >= 0.6 is 11.3 Å². The van der Waals surface area contributed by atoms with Gasteiger partial charge < -0.3 is 10.2 Å². The fourth-order valence-electron chi connectivity index (χ4n) is 3.60. The third-order valence-electron chi connectivity index (χ3n) is 5.58. The van der Waals surface area contributed by atoms with Crippen LogP contribution in [0, 0.1) is 19.8 Å². The van der Waals surface area contributed by atoms with Crippen LogP contribution in [0.15, 0.2) is 24.3 Å². The highest BCUT2D eigenvalue weighted by atomic mass is 32.1. The van der Waals surface area contributed by atoms with Crippen LogP contribution in [0.3, 0.4) is 0 Å². The van der Waals surface area contributed by atoms with Gasteiger partial charge in [0.05, 0.1) is 11.4 Å². The van der Waals surface area contributed by atoms with Crippen LogP contribution < -0.4 is 5.32 Å². The van der Waals surface area contributed by atoms with Crippen molar-refractivity contribution in [1.82, 2.24) is 4.90 Å². The van der Waals surface area contributed by atoms with Gasteiger partial charge in [0, 0.05) is 17.6 Å². The molecule has 1 atom stereocenters. The number of amides is 2. The lowest BCUT2D eigenvalue weighted by Crippen LogP contribution is -2.34. The van der Waals surface area contributed by atoms with E-state index in [1.54, 1.807) is 18.4 Å². The van der Waals surface area contributed by atoms with Gasteiger partial charge in [0.15, 0.2) is 0 Å². The van der Waals surface area contributed by atoms with Gasteiger partial charge in [0.2, 0.25) is 5.91 Å². The van der Waals surface area contributed by atoms with E-state index in [9.17, 15) is 9.59 Å². The normalized spacial score (nSPS) is 15.9. The minimum Gasteiger partial charge on any atom is -0.332 e. The zero-order valence-corrected chi connectivity index (χ0v) is 17.4. The summed E-state index contributed by atoms with van der Waals surface area (Å²) in [5.41, 5.74) is 4.32. The van der Waals surface area contributed by atoms with Gasteiger partial charge in [0.1, 0.15) is 0 Å². The molecule has 5 heteroatoms. The molecule has 4 nitrogen and oxygen atoms in total. The Kier molecular flexibility index (Phi) is 6.00. The first kappa shape index (κ1) is 19.6. The van der Waals surface area contributed by atoms with Crippen LogP contribution in [-0.2, 0) is 17.6 Å². The molecule has 0 bridgehead atoms. The molecule has 2 aromatic rings. The third kappa shape index (κ3) is 4.41. The molecule has 1 aromatic carbocycles. The summed E-state index contributed by atoms with van der Waals surface area (Å²) >= 11 is 1.60. The van der Waals surface area contributed by atoms with Crippen molar-refractivity contribution >= 4 is 28.8 Å². The van der Waals surface area contributed by atoms with Gasteiger partial charge in [-0.1, -0.05) is 25.5 Å². The van der Waals surface area contributed by atoms with Crippen molar-refractivity contribution in [2.24, 2.45) is 5.92 Å². The van der Waals surface area contributed by atoms with Crippen molar-refractivity contribution in [2.75, 3.05) is 18.9 Å². The lowest BCUT2D eigenvalue weighted by Gasteiger charge is -2.19. The Morgan fingerprint density at radius 3 is 2.81 bits per heavy atom. The minimum atomic E-state index is -0.174. The van der Waals surface area contributed by atoms with E-state index >= 15 is 0 Å². The number of hydrogen-bond acceptors (Lipinski definition) is 3. The van der Waals surface area contributed by atoms with E-state index in [1.165, 1.54) is 28.2 Å². The summed E-state index contributed by atoms with van der Waals surface area (Å²) in [5, 5.41) is 2.92. The van der Waals surface area contributed by atoms with Crippen molar-refractivity contribution in [1.29, 1.82) is 0 Å². The summed E-state index contributed by atoms with van der Waals surface area (Å²) in [6.07, 6.45) is 4.55. The molecular formula is C22H28N2O2S. The second kappa shape index (κ2) is 8.26. The van der Waals surface area contributed by atoms with Gasteiger partial charge in [-0.2, -0.15) is 0 Å². The van der Waals surface area contributed by atoms with Crippen molar-refractivity contribution in [3.8, 4) is 0 Å². The van der Waals surface area contributed by atoms with Crippen LogP contribution in [0.4, 0.5) is 5.69 Å². The molecule has 1 heterocycles. The van der Waals surface area contributed by atoms with Crippen molar-refractivity contribution in [3.63, 3.8) is 0 Å². The third-order valence-corrected chi connectivity index (χ3v) is 6.80. The predicted molar refractivity (Wildman–Crippen MR) is 112 cm³/mol. The Morgan fingerprint density at radius 2 is 2.07 bits per heavy atom. The van der Waals surface area contributed by atoms with E-state index in [-0.39, 0.29) is 18.4 Å². The van der Waals surface area contributed by atoms with E-state index in [0.29, 0.717) is 0 Å². The fraction of sp³-hybridized carbons (Fsp3) is 0.455. The summed E-state index contributed by atoms with van der Waals surface area (Å²) in [5.74, 6) is 0.488. The van der Waals surface area contributed by atoms with E-state index < -0.39 is 0 Å². The van der Waals surface area contributed by atoms with Crippen LogP contribution in [0.25, 0.3) is 0 Å². The Balaban J connectivity index is 1.63. The number of nitrogens with one attached hydrogen (secondary N) is 1. The summed E-state index contributed by atoms with van der Waals surface area (Å²) in [6.45, 7) is 6.28. The Labute approximate surface area is 165 Å². The van der Waals surface area contributed by atoms with Crippen molar-refractivity contribution < 1.29 is 9.59 Å². The molecule has 1 aliphatic rings. The molecule has 144 valence electrons. The Morgan fingerprint density at radius 1 is 1.30 bits per heavy atom. The SMILES string of the molecule is CCC1CCc2sc(C(=O)N(C)CC(=O)Nc3cccc(C)c3C)cc2C1. The predicted octanol–water partition coefficient (Wildman–Crippen LogP) is 4.59. The van der Waals surface area contributed by atoms with E-state index in [0.717, 1.165) is 40.5 Å². The number of hydrogen-bond donors (Lipinski definition) is 1. The lowest BCUT2D eigenvalue weighted by molar-refractivity contribution is -0.116. The van der Waals surface area contributed by atoms with Gasteiger partial charge in [-0.25, -0.2) is 0 Å². The number of anilines is 1. The Hall–Kier alpha value is -2.14. The zero-order valence-electron chi connectivity index (χ0n) is 16.6. The maximum absolute atomic E-state index is 12.8. The molecule has 0 radical (unpaired) electrons. The number of carbonyl (C=O) groups excluding carboxylic acids is 2. The first-order valence-electron chi connectivity index (χ1n) is 9.62. The quantitative estimate of drug-likeness (QED) is 0.820. The molecule has 1 unspecified atom stereocenters. The fourth-order valence-corrected chi connectivity index (χ4v) is 4.81. The highest BCUT2D eigenvalue weighted by Crippen LogP contribution is 2.34. The number of likely N-dealkylation sites (N-methyl/N-ethyl adjacent to an activating group) is 1. The minimum absolute atomic E-state index is 0.0480. The van der Waals surface area contributed by atoms with Crippen molar-refractivity contribution in [2.45, 2.75) is 46.5 Å². The highest BCUT2D eigenvalue weighted by molar-refractivity contribution is 7.14. The van der Waals surface area contributed by atoms with Crippen molar-refractivity contribution in [3.05, 3.63) is 50.7 Å². The van der Waals surface area contributed by atoms with Gasteiger partial charge in [0.25, 0.3) is 5.91 Å². The molecule has 3 rings (SSSR count). The maximum Gasteiger partial charge on any atom is 0.264 e. The molecule has 2 amide bonds. The summed E-state index contributed by atoms with van der Waals surface area (Å²) in [7, 11) is 1.69. The van der Waals surface area contributed by atoms with Gasteiger partial charge in [-0.3, -0.25) is 9.59 Å². The molecule has 0 aliphatic heterocycles.